The number of carbonyl (C=O) groups excluding carboxylic acids is 1. The number of esters is 1. The lowest BCUT2D eigenvalue weighted by Crippen LogP contribution is -2.39. The van der Waals surface area contributed by atoms with Gasteiger partial charge in [-0.25, -0.2) is 4.79 Å². The monoisotopic (exact) mass is 340 g/mol. The zero-order valence-electron chi connectivity index (χ0n) is 15.0. The number of hydrogen-bond donors (Lipinski definition) is 0. The van der Waals surface area contributed by atoms with Crippen molar-refractivity contribution in [2.24, 2.45) is 0 Å². The molecule has 1 aliphatic carbocycles. The molecule has 3 rings (SSSR count). The molecule has 4 nitrogen and oxygen atoms in total. The highest BCUT2D eigenvalue weighted by Crippen LogP contribution is 2.35. The van der Waals surface area contributed by atoms with Crippen LogP contribution < -0.4 is 9.47 Å². The molecule has 1 aliphatic rings. The van der Waals surface area contributed by atoms with Crippen LogP contribution in [0.1, 0.15) is 44.4 Å². The van der Waals surface area contributed by atoms with E-state index in [9.17, 15) is 4.79 Å². The first kappa shape index (κ1) is 17.3. The molecule has 0 aliphatic heterocycles. The van der Waals surface area contributed by atoms with Crippen LogP contribution >= 0.6 is 0 Å². The molecule has 0 N–H and O–H groups in total. The molecular weight excluding hydrogens is 316 g/mol. The third-order valence-corrected chi connectivity index (χ3v) is 4.32. The molecule has 0 aromatic heterocycles. The molecule has 0 bridgehead atoms. The van der Waals surface area contributed by atoms with Gasteiger partial charge in [0.1, 0.15) is 17.6 Å². The van der Waals surface area contributed by atoms with E-state index in [1.807, 2.05) is 24.3 Å². The molecule has 132 valence electrons. The van der Waals surface area contributed by atoms with Crippen LogP contribution in [-0.2, 0) is 16.0 Å². The average Bonchev–Trinajstić information content (AvgIpc) is 3.00. The fraction of sp³-hybridized carbons (Fsp3) is 0.381. The van der Waals surface area contributed by atoms with Crippen molar-refractivity contribution in [3.8, 4) is 11.5 Å². The molecule has 1 unspecified atom stereocenters. The van der Waals surface area contributed by atoms with Crippen molar-refractivity contribution in [2.75, 3.05) is 6.61 Å². The van der Waals surface area contributed by atoms with Crippen molar-refractivity contribution in [2.45, 2.75) is 45.3 Å². The lowest BCUT2D eigenvalue weighted by Gasteiger charge is -2.24. The number of aryl methyl sites for hydroxylation is 1. The minimum Gasteiger partial charge on any atom is -0.486 e. The van der Waals surface area contributed by atoms with Crippen molar-refractivity contribution in [3.05, 3.63) is 59.7 Å². The first-order valence-electron chi connectivity index (χ1n) is 8.70. The molecule has 0 spiro atoms. The summed E-state index contributed by atoms with van der Waals surface area (Å²) in [6.45, 7) is 5.51. The number of carbonyl (C=O) groups is 1. The summed E-state index contributed by atoms with van der Waals surface area (Å²) in [5.41, 5.74) is 1.61. The van der Waals surface area contributed by atoms with E-state index in [4.69, 9.17) is 14.2 Å². The molecule has 4 heteroatoms. The molecule has 25 heavy (non-hydrogen) atoms. The Kier molecular flexibility index (Phi) is 4.98. The standard InChI is InChI=1S/C21H24O4/c1-4-23-20(22)21(2,3)25-17-12-10-16(11-13-17)24-19-14-9-15-7-5-6-8-18(15)19/h5-8,10-13,19H,4,9,14H2,1-3H3. The van der Waals surface area contributed by atoms with E-state index in [0.717, 1.165) is 18.6 Å². The fourth-order valence-corrected chi connectivity index (χ4v) is 3.03. The van der Waals surface area contributed by atoms with E-state index < -0.39 is 5.60 Å². The third kappa shape index (κ3) is 3.95. The van der Waals surface area contributed by atoms with Gasteiger partial charge in [0.25, 0.3) is 0 Å². The predicted octanol–water partition coefficient (Wildman–Crippen LogP) is 4.47. The van der Waals surface area contributed by atoms with E-state index >= 15 is 0 Å². The van der Waals surface area contributed by atoms with Crippen molar-refractivity contribution in [1.29, 1.82) is 0 Å². The molecule has 2 aromatic rings. The first-order chi connectivity index (χ1) is 12.0. The van der Waals surface area contributed by atoms with Gasteiger partial charge in [0.05, 0.1) is 6.61 Å². The van der Waals surface area contributed by atoms with E-state index in [0.29, 0.717) is 12.4 Å². The maximum absolute atomic E-state index is 11.9. The number of benzene rings is 2. The normalized spacial score (nSPS) is 16.2. The van der Waals surface area contributed by atoms with Crippen LogP contribution in [0.3, 0.4) is 0 Å². The number of hydrogen-bond acceptors (Lipinski definition) is 4. The van der Waals surface area contributed by atoms with Gasteiger partial charge in [0.15, 0.2) is 5.60 Å². The van der Waals surface area contributed by atoms with Gasteiger partial charge in [-0.05, 0) is 69.0 Å². The summed E-state index contributed by atoms with van der Waals surface area (Å²) in [6.07, 6.45) is 2.14. The Morgan fingerprint density at radius 1 is 1.08 bits per heavy atom. The van der Waals surface area contributed by atoms with Crippen molar-refractivity contribution >= 4 is 5.97 Å². The van der Waals surface area contributed by atoms with Gasteiger partial charge >= 0.3 is 5.97 Å². The number of rotatable bonds is 6. The Morgan fingerprint density at radius 3 is 2.48 bits per heavy atom. The summed E-state index contributed by atoms with van der Waals surface area (Å²) in [4.78, 5) is 11.9. The smallest absolute Gasteiger partial charge is 0.349 e. The summed E-state index contributed by atoms with van der Waals surface area (Å²) >= 11 is 0. The van der Waals surface area contributed by atoms with Gasteiger partial charge in [0.2, 0.25) is 0 Å². The molecule has 0 saturated heterocycles. The maximum Gasteiger partial charge on any atom is 0.349 e. The summed E-state index contributed by atoms with van der Waals surface area (Å²) in [5.74, 6) is 1.03. The second-order valence-electron chi connectivity index (χ2n) is 6.65. The Bertz CT molecular complexity index is 734. The van der Waals surface area contributed by atoms with Crippen LogP contribution in [0.25, 0.3) is 0 Å². The van der Waals surface area contributed by atoms with Gasteiger partial charge in [-0.3, -0.25) is 0 Å². The highest BCUT2D eigenvalue weighted by atomic mass is 16.6. The largest absolute Gasteiger partial charge is 0.486 e. The van der Waals surface area contributed by atoms with E-state index in [-0.39, 0.29) is 12.1 Å². The SMILES string of the molecule is CCOC(=O)C(C)(C)Oc1ccc(OC2CCc3ccccc32)cc1. The summed E-state index contributed by atoms with van der Waals surface area (Å²) < 4.78 is 16.9. The predicted molar refractivity (Wildman–Crippen MR) is 95.9 cm³/mol. The first-order valence-corrected chi connectivity index (χ1v) is 8.70. The van der Waals surface area contributed by atoms with Crippen molar-refractivity contribution < 1.29 is 19.0 Å². The van der Waals surface area contributed by atoms with Crippen LogP contribution in [0, 0.1) is 0 Å². The molecule has 1 atom stereocenters. The Hall–Kier alpha value is -2.49. The van der Waals surface area contributed by atoms with E-state index in [1.54, 1.807) is 20.8 Å². The average molecular weight is 340 g/mol. The Labute approximate surface area is 148 Å². The Balaban J connectivity index is 1.64. The highest BCUT2D eigenvalue weighted by molar-refractivity contribution is 5.79. The number of ether oxygens (including phenoxy) is 3. The van der Waals surface area contributed by atoms with Gasteiger partial charge in [-0.1, -0.05) is 24.3 Å². The quantitative estimate of drug-likeness (QED) is 0.728. The zero-order valence-corrected chi connectivity index (χ0v) is 15.0. The highest BCUT2D eigenvalue weighted by Gasteiger charge is 2.31. The topological polar surface area (TPSA) is 44.8 Å². The Morgan fingerprint density at radius 2 is 1.76 bits per heavy atom. The summed E-state index contributed by atoms with van der Waals surface area (Å²) in [5, 5.41) is 0. The molecule has 0 heterocycles. The van der Waals surface area contributed by atoms with E-state index in [2.05, 4.69) is 24.3 Å². The maximum atomic E-state index is 11.9. The lowest BCUT2D eigenvalue weighted by atomic mass is 10.1. The van der Waals surface area contributed by atoms with Gasteiger partial charge in [-0.15, -0.1) is 0 Å². The van der Waals surface area contributed by atoms with Crippen LogP contribution in [0.15, 0.2) is 48.5 Å². The minimum atomic E-state index is -1.03. The van der Waals surface area contributed by atoms with Crippen molar-refractivity contribution in [1.82, 2.24) is 0 Å². The summed E-state index contributed by atoms with van der Waals surface area (Å²) in [6, 6.07) is 15.8. The third-order valence-electron chi connectivity index (χ3n) is 4.32. The van der Waals surface area contributed by atoms with Gasteiger partial charge < -0.3 is 14.2 Å². The zero-order chi connectivity index (χ0) is 17.9. The number of fused-ring (bicyclic) bond motifs is 1. The van der Waals surface area contributed by atoms with Crippen LogP contribution in [0.4, 0.5) is 0 Å². The van der Waals surface area contributed by atoms with Crippen LogP contribution in [-0.4, -0.2) is 18.2 Å². The van der Waals surface area contributed by atoms with Crippen molar-refractivity contribution in [3.63, 3.8) is 0 Å². The van der Waals surface area contributed by atoms with Crippen LogP contribution in [0.5, 0.6) is 11.5 Å². The van der Waals surface area contributed by atoms with Gasteiger partial charge in [-0.2, -0.15) is 0 Å². The van der Waals surface area contributed by atoms with Gasteiger partial charge in [0, 0.05) is 0 Å². The lowest BCUT2D eigenvalue weighted by molar-refractivity contribution is -0.158. The summed E-state index contributed by atoms with van der Waals surface area (Å²) in [7, 11) is 0. The van der Waals surface area contributed by atoms with E-state index in [1.165, 1.54) is 11.1 Å². The second kappa shape index (κ2) is 7.18. The molecule has 0 amide bonds. The fourth-order valence-electron chi connectivity index (χ4n) is 3.03. The minimum absolute atomic E-state index is 0.0962. The molecular formula is C21H24O4. The molecule has 0 saturated carbocycles. The second-order valence-corrected chi connectivity index (χ2v) is 6.65. The molecule has 0 fully saturated rings. The van der Waals surface area contributed by atoms with Crippen LogP contribution in [0.2, 0.25) is 0 Å². The molecule has 2 aromatic carbocycles. The molecule has 0 radical (unpaired) electrons.